The number of hydrogen-bond acceptors (Lipinski definition) is 5. The number of aromatic hydroxyl groups is 1. The van der Waals surface area contributed by atoms with Crippen molar-refractivity contribution in [1.82, 2.24) is 10.3 Å². The first-order chi connectivity index (χ1) is 14.8. The molecule has 2 aromatic rings. The van der Waals surface area contributed by atoms with Gasteiger partial charge in [-0.25, -0.2) is 4.79 Å². The number of carbonyl (C=O) groups is 2. The van der Waals surface area contributed by atoms with Crippen LogP contribution in [0.3, 0.4) is 0 Å². The number of carbonyl (C=O) groups excluding carboxylic acids is 1. The second-order valence-electron chi connectivity index (χ2n) is 8.35. The lowest BCUT2D eigenvalue weighted by molar-refractivity contribution is -0.140. The van der Waals surface area contributed by atoms with Gasteiger partial charge in [0, 0.05) is 23.6 Å². The van der Waals surface area contributed by atoms with Crippen LogP contribution in [0.25, 0.3) is 0 Å². The number of carboxylic acids is 1. The number of aliphatic hydroxyl groups excluding tert-OH is 1. The molecule has 166 valence electrons. The second kappa shape index (κ2) is 9.92. The van der Waals surface area contributed by atoms with E-state index in [2.05, 4.69) is 5.32 Å². The van der Waals surface area contributed by atoms with Crippen molar-refractivity contribution in [3.63, 3.8) is 0 Å². The number of benzene rings is 1. The van der Waals surface area contributed by atoms with Gasteiger partial charge in [0.25, 0.3) is 5.91 Å². The third kappa shape index (κ3) is 5.41. The Labute approximate surface area is 182 Å². The van der Waals surface area contributed by atoms with Crippen LogP contribution in [0.4, 0.5) is 0 Å². The molecule has 0 saturated heterocycles. The number of aryl methyl sites for hydroxylation is 2. The fourth-order valence-corrected chi connectivity index (χ4v) is 4.30. The summed E-state index contributed by atoms with van der Waals surface area (Å²) in [6.07, 6.45) is 6.25. The number of hydrogen-bond donors (Lipinski definition) is 4. The topological polar surface area (TPSA) is 120 Å². The van der Waals surface area contributed by atoms with Crippen LogP contribution in [0.5, 0.6) is 5.75 Å². The summed E-state index contributed by atoms with van der Waals surface area (Å²) in [4.78, 5) is 28.3. The Hall–Kier alpha value is -2.93. The lowest BCUT2D eigenvalue weighted by Gasteiger charge is -2.22. The van der Waals surface area contributed by atoms with E-state index in [1.165, 1.54) is 6.42 Å². The van der Waals surface area contributed by atoms with E-state index in [0.29, 0.717) is 17.9 Å². The van der Waals surface area contributed by atoms with E-state index in [1.807, 2.05) is 19.9 Å². The zero-order valence-electron chi connectivity index (χ0n) is 18.0. The van der Waals surface area contributed by atoms with E-state index >= 15 is 0 Å². The molecule has 1 aromatic carbocycles. The van der Waals surface area contributed by atoms with Gasteiger partial charge in [-0.15, -0.1) is 0 Å². The summed E-state index contributed by atoms with van der Waals surface area (Å²) in [5, 5.41) is 30.8. The second-order valence-corrected chi connectivity index (χ2v) is 8.35. The molecule has 0 spiro atoms. The van der Waals surface area contributed by atoms with Gasteiger partial charge in [-0.05, 0) is 67.6 Å². The molecular weight excluding hydrogens is 396 g/mol. The molecule has 1 heterocycles. The molecule has 7 nitrogen and oxygen atoms in total. The average molecular weight is 427 g/mol. The lowest BCUT2D eigenvalue weighted by Crippen LogP contribution is -2.43. The van der Waals surface area contributed by atoms with Crippen molar-refractivity contribution >= 4 is 11.9 Å². The smallest absolute Gasteiger partial charge is 0.328 e. The number of carboxylic acid groups (broad SMARTS) is 1. The number of pyridine rings is 1. The molecule has 31 heavy (non-hydrogen) atoms. The Kier molecular flexibility index (Phi) is 7.28. The Bertz CT molecular complexity index is 943. The SMILES string of the molecule is Cc1cc(C(=O)N[C@H](CO)C(=O)O)cc(C)c1Cc1ccc(O)c(C2CCCCC2)n1. The largest absolute Gasteiger partial charge is 0.506 e. The quantitative estimate of drug-likeness (QED) is 0.540. The summed E-state index contributed by atoms with van der Waals surface area (Å²) < 4.78 is 0. The van der Waals surface area contributed by atoms with E-state index in [4.69, 9.17) is 15.2 Å². The first-order valence-electron chi connectivity index (χ1n) is 10.7. The van der Waals surface area contributed by atoms with E-state index in [-0.39, 0.29) is 5.75 Å². The van der Waals surface area contributed by atoms with Gasteiger partial charge >= 0.3 is 5.97 Å². The molecule has 1 amide bonds. The summed E-state index contributed by atoms with van der Waals surface area (Å²) in [7, 11) is 0. The monoisotopic (exact) mass is 426 g/mol. The number of nitrogens with one attached hydrogen (secondary N) is 1. The van der Waals surface area contributed by atoms with Crippen molar-refractivity contribution in [3.05, 3.63) is 57.9 Å². The minimum Gasteiger partial charge on any atom is -0.506 e. The average Bonchev–Trinajstić information content (AvgIpc) is 2.75. The van der Waals surface area contributed by atoms with Gasteiger partial charge in [0.2, 0.25) is 0 Å². The van der Waals surface area contributed by atoms with Crippen molar-refractivity contribution in [2.24, 2.45) is 0 Å². The van der Waals surface area contributed by atoms with E-state index in [1.54, 1.807) is 18.2 Å². The summed E-state index contributed by atoms with van der Waals surface area (Å²) in [6, 6.07) is 5.65. The third-order valence-electron chi connectivity index (χ3n) is 6.05. The number of aliphatic hydroxyl groups is 1. The summed E-state index contributed by atoms with van der Waals surface area (Å²) in [6.45, 7) is 3.14. The number of nitrogens with zero attached hydrogens (tertiary/aromatic N) is 1. The summed E-state index contributed by atoms with van der Waals surface area (Å²) >= 11 is 0. The molecule has 0 aliphatic heterocycles. The molecule has 0 bridgehead atoms. The standard InChI is InChI=1S/C24H30N2O5/c1-14-10-17(23(29)26-20(13-27)24(30)31)11-15(2)19(14)12-18-8-9-21(28)22(25-18)16-6-4-3-5-7-16/h8-11,16,20,27-28H,3-7,12-13H2,1-2H3,(H,26,29)(H,30,31)/t20-/m1/s1. The van der Waals surface area contributed by atoms with Crippen LogP contribution >= 0.6 is 0 Å². The first-order valence-corrected chi connectivity index (χ1v) is 10.7. The molecule has 7 heteroatoms. The van der Waals surface area contributed by atoms with Gasteiger partial charge in [-0.1, -0.05) is 19.3 Å². The molecular formula is C24H30N2O5. The van der Waals surface area contributed by atoms with Crippen molar-refractivity contribution in [2.75, 3.05) is 6.61 Å². The molecule has 1 aliphatic carbocycles. The molecule has 1 atom stereocenters. The highest BCUT2D eigenvalue weighted by Crippen LogP contribution is 2.36. The summed E-state index contributed by atoms with van der Waals surface area (Å²) in [5.41, 5.74) is 4.84. The minimum atomic E-state index is -1.34. The van der Waals surface area contributed by atoms with Crippen molar-refractivity contribution < 1.29 is 24.9 Å². The molecule has 1 fully saturated rings. The minimum absolute atomic E-state index is 0.257. The molecule has 4 N–H and O–H groups in total. The van der Waals surface area contributed by atoms with Crippen LogP contribution < -0.4 is 5.32 Å². The van der Waals surface area contributed by atoms with E-state index in [0.717, 1.165) is 53.8 Å². The number of aliphatic carboxylic acids is 1. The van der Waals surface area contributed by atoms with Gasteiger partial charge in [0.15, 0.2) is 6.04 Å². The van der Waals surface area contributed by atoms with Crippen LogP contribution in [-0.2, 0) is 11.2 Å². The van der Waals surface area contributed by atoms with Gasteiger partial charge in [0.1, 0.15) is 5.75 Å². The van der Waals surface area contributed by atoms with Crippen LogP contribution in [0.2, 0.25) is 0 Å². The highest BCUT2D eigenvalue weighted by molar-refractivity contribution is 5.97. The van der Waals surface area contributed by atoms with E-state index in [9.17, 15) is 14.7 Å². The Morgan fingerprint density at radius 2 is 1.77 bits per heavy atom. The van der Waals surface area contributed by atoms with Crippen LogP contribution in [-0.4, -0.2) is 44.8 Å². The number of aromatic nitrogens is 1. The number of amides is 1. The highest BCUT2D eigenvalue weighted by atomic mass is 16.4. The van der Waals surface area contributed by atoms with Crippen LogP contribution in [0.15, 0.2) is 24.3 Å². The molecule has 1 aliphatic rings. The fraction of sp³-hybridized carbons (Fsp3) is 0.458. The van der Waals surface area contributed by atoms with Crippen LogP contribution in [0, 0.1) is 13.8 Å². The van der Waals surface area contributed by atoms with Gasteiger partial charge in [0.05, 0.1) is 12.3 Å². The van der Waals surface area contributed by atoms with Crippen molar-refractivity contribution in [2.45, 2.75) is 64.3 Å². The molecule has 3 rings (SSSR count). The maximum Gasteiger partial charge on any atom is 0.328 e. The van der Waals surface area contributed by atoms with Crippen LogP contribution in [0.1, 0.15) is 76.5 Å². The van der Waals surface area contributed by atoms with Gasteiger partial charge in [-0.3, -0.25) is 9.78 Å². The van der Waals surface area contributed by atoms with Gasteiger partial charge < -0.3 is 20.6 Å². The van der Waals surface area contributed by atoms with Crippen molar-refractivity contribution in [3.8, 4) is 5.75 Å². The Morgan fingerprint density at radius 3 is 2.35 bits per heavy atom. The zero-order valence-corrected chi connectivity index (χ0v) is 18.0. The Morgan fingerprint density at radius 1 is 1.13 bits per heavy atom. The van der Waals surface area contributed by atoms with E-state index < -0.39 is 24.5 Å². The third-order valence-corrected chi connectivity index (χ3v) is 6.05. The fourth-order valence-electron chi connectivity index (χ4n) is 4.30. The normalized spacial score (nSPS) is 15.5. The molecule has 0 unspecified atom stereocenters. The predicted octanol–water partition coefficient (Wildman–Crippen LogP) is 3.22. The summed E-state index contributed by atoms with van der Waals surface area (Å²) in [5.74, 6) is -1.27. The zero-order chi connectivity index (χ0) is 22.5. The van der Waals surface area contributed by atoms with Gasteiger partial charge in [-0.2, -0.15) is 0 Å². The maximum atomic E-state index is 12.4. The Balaban J connectivity index is 1.81. The lowest BCUT2D eigenvalue weighted by atomic mass is 9.86. The molecule has 0 radical (unpaired) electrons. The molecule has 1 aromatic heterocycles. The first kappa shape index (κ1) is 22.7. The maximum absolute atomic E-state index is 12.4. The highest BCUT2D eigenvalue weighted by Gasteiger charge is 2.22. The number of rotatable bonds is 7. The van der Waals surface area contributed by atoms with Crippen molar-refractivity contribution in [1.29, 1.82) is 0 Å². The molecule has 1 saturated carbocycles. The predicted molar refractivity (Wildman–Crippen MR) is 116 cm³/mol.